The van der Waals surface area contributed by atoms with Crippen LogP contribution in [0.2, 0.25) is 0 Å². The zero-order valence-corrected chi connectivity index (χ0v) is 48.1. The summed E-state index contributed by atoms with van der Waals surface area (Å²) in [6, 6.07) is 15.0. The van der Waals surface area contributed by atoms with E-state index < -0.39 is 41.1 Å². The number of alkyl halides is 3. The third-order valence-electron chi connectivity index (χ3n) is 13.8. The molecule has 23 nitrogen and oxygen atoms in total. The fourth-order valence-electron chi connectivity index (χ4n) is 9.65. The van der Waals surface area contributed by atoms with Crippen molar-refractivity contribution in [2.24, 2.45) is 0 Å². The van der Waals surface area contributed by atoms with Crippen molar-refractivity contribution in [2.75, 3.05) is 182 Å². The summed E-state index contributed by atoms with van der Waals surface area (Å²) >= 11 is 0. The lowest BCUT2D eigenvalue weighted by molar-refractivity contribution is -0.140. The minimum absolute atomic E-state index is 0.00675. The van der Waals surface area contributed by atoms with Crippen molar-refractivity contribution in [2.45, 2.75) is 52.4 Å². The third kappa shape index (κ3) is 24.1. The SMILES string of the molecule is CCOc1ccc(C(=O)N2CCN(c3ccc(-c4ccccc4OCC)nc3CNCCCOCCOCCOCCOCCNC(=O)CN3CCN(CC(=O)O)CCN(CC(=O)O)CCN(CC(=O)O)CC3)[C@H](CC)C2)c(C(F)(F)F)c1. The fourth-order valence-corrected chi connectivity index (χ4v) is 9.65. The Balaban J connectivity index is 0.981. The number of aromatic nitrogens is 1. The first-order valence-electron chi connectivity index (χ1n) is 28.4. The van der Waals surface area contributed by atoms with Crippen molar-refractivity contribution in [1.29, 1.82) is 0 Å². The minimum Gasteiger partial charge on any atom is -0.494 e. The molecule has 26 heteroatoms. The molecule has 1 atom stereocenters. The highest BCUT2D eigenvalue weighted by Gasteiger charge is 2.39. The van der Waals surface area contributed by atoms with Crippen molar-refractivity contribution in [1.82, 2.24) is 40.1 Å². The molecule has 0 unspecified atom stereocenters. The van der Waals surface area contributed by atoms with Crippen LogP contribution < -0.4 is 25.0 Å². The van der Waals surface area contributed by atoms with E-state index in [1.807, 2.05) is 55.1 Å². The highest BCUT2D eigenvalue weighted by Crippen LogP contribution is 2.37. The van der Waals surface area contributed by atoms with E-state index in [9.17, 15) is 52.5 Å². The maximum atomic E-state index is 14.2. The monoisotopic (exact) mass is 1180 g/mol. The number of aliphatic carboxylic acids is 3. The van der Waals surface area contributed by atoms with Crippen LogP contribution in [0.4, 0.5) is 18.9 Å². The highest BCUT2D eigenvalue weighted by atomic mass is 19.4. The summed E-state index contributed by atoms with van der Waals surface area (Å²) in [6.07, 6.45) is -3.41. The number of nitrogens with one attached hydrogen (secondary N) is 2. The third-order valence-corrected chi connectivity index (χ3v) is 13.8. The van der Waals surface area contributed by atoms with Gasteiger partial charge in [0.25, 0.3) is 5.91 Å². The summed E-state index contributed by atoms with van der Waals surface area (Å²) in [5.41, 5.74) is 1.79. The molecule has 0 aliphatic carbocycles. The van der Waals surface area contributed by atoms with Gasteiger partial charge in [0.15, 0.2) is 0 Å². The fraction of sp³-hybridized carbons (Fsp3) is 0.614. The molecule has 5 rings (SSSR count). The molecule has 2 aromatic carbocycles. The predicted octanol–water partition coefficient (Wildman–Crippen LogP) is 3.44. The summed E-state index contributed by atoms with van der Waals surface area (Å²) in [7, 11) is 0. The van der Waals surface area contributed by atoms with Gasteiger partial charge in [-0.15, -0.1) is 0 Å². The van der Waals surface area contributed by atoms with Crippen molar-refractivity contribution < 1.29 is 80.9 Å². The topological polar surface area (TPSA) is 258 Å². The van der Waals surface area contributed by atoms with Crippen molar-refractivity contribution in [3.05, 3.63) is 71.4 Å². The van der Waals surface area contributed by atoms with Gasteiger partial charge < -0.3 is 64.2 Å². The summed E-state index contributed by atoms with van der Waals surface area (Å²) < 4.78 is 76.6. The molecule has 5 N–H and O–H groups in total. The van der Waals surface area contributed by atoms with Gasteiger partial charge in [-0.2, -0.15) is 13.2 Å². The van der Waals surface area contributed by atoms with Gasteiger partial charge in [-0.25, -0.2) is 4.98 Å². The van der Waals surface area contributed by atoms with Gasteiger partial charge in [0.2, 0.25) is 5.91 Å². The van der Waals surface area contributed by atoms with Crippen LogP contribution in [0.15, 0.2) is 54.6 Å². The predicted molar refractivity (Wildman–Crippen MR) is 302 cm³/mol. The van der Waals surface area contributed by atoms with Gasteiger partial charge in [-0.1, -0.05) is 19.1 Å². The number of halogens is 3. The van der Waals surface area contributed by atoms with Gasteiger partial charge in [-0.3, -0.25) is 43.6 Å². The van der Waals surface area contributed by atoms with Crippen LogP contribution in [0, 0.1) is 0 Å². The van der Waals surface area contributed by atoms with Gasteiger partial charge in [-0.05, 0) is 75.7 Å². The molecule has 0 spiro atoms. The molecular weight excluding hydrogens is 1090 g/mol. The van der Waals surface area contributed by atoms with Crippen molar-refractivity contribution in [3.8, 4) is 22.8 Å². The molecule has 0 radical (unpaired) electrons. The average molecular weight is 1180 g/mol. The first-order chi connectivity index (χ1) is 40.0. The Morgan fingerprint density at radius 3 is 1.71 bits per heavy atom. The van der Waals surface area contributed by atoms with Crippen molar-refractivity contribution in [3.63, 3.8) is 0 Å². The van der Waals surface area contributed by atoms with Crippen LogP contribution in [0.25, 0.3) is 11.3 Å². The number of para-hydroxylation sites is 1. The van der Waals surface area contributed by atoms with E-state index in [-0.39, 0.29) is 103 Å². The second kappa shape index (κ2) is 36.5. The molecule has 3 aromatic rings. The summed E-state index contributed by atoms with van der Waals surface area (Å²) in [4.78, 5) is 77.0. The maximum Gasteiger partial charge on any atom is 0.417 e. The van der Waals surface area contributed by atoms with E-state index in [4.69, 9.17) is 33.4 Å². The average Bonchev–Trinajstić information content (AvgIpc) is 3.60. The van der Waals surface area contributed by atoms with Crippen LogP contribution in [-0.4, -0.2) is 258 Å². The number of nitrogens with zero attached hydrogens (tertiary/aromatic N) is 7. The number of hydrogen-bond acceptors (Lipinski definition) is 18. The second-order valence-electron chi connectivity index (χ2n) is 19.9. The quantitative estimate of drug-likeness (QED) is 0.0537. The van der Waals surface area contributed by atoms with Gasteiger partial charge in [0.1, 0.15) is 11.5 Å². The summed E-state index contributed by atoms with van der Waals surface area (Å²) in [6.45, 7) is 12.9. The summed E-state index contributed by atoms with van der Waals surface area (Å²) in [5, 5.41) is 34.6. The van der Waals surface area contributed by atoms with Crippen LogP contribution in [0.1, 0.15) is 55.2 Å². The van der Waals surface area contributed by atoms with Crippen LogP contribution in [0.5, 0.6) is 11.5 Å². The largest absolute Gasteiger partial charge is 0.494 e. The van der Waals surface area contributed by atoms with E-state index >= 15 is 0 Å². The molecule has 2 aliphatic rings. The molecule has 1 aromatic heterocycles. The number of anilines is 1. The summed E-state index contributed by atoms with van der Waals surface area (Å²) in [5.74, 6) is -3.27. The number of carboxylic acids is 3. The Morgan fingerprint density at radius 1 is 0.627 bits per heavy atom. The van der Waals surface area contributed by atoms with E-state index in [0.29, 0.717) is 117 Å². The molecule has 462 valence electrons. The van der Waals surface area contributed by atoms with Gasteiger partial charge >= 0.3 is 24.1 Å². The molecule has 2 amide bonds. The molecule has 3 heterocycles. The van der Waals surface area contributed by atoms with E-state index in [0.717, 1.165) is 28.7 Å². The molecule has 83 heavy (non-hydrogen) atoms. The normalized spacial score (nSPS) is 16.5. The van der Waals surface area contributed by atoms with Gasteiger partial charge in [0, 0.05) is 103 Å². The molecule has 2 aliphatic heterocycles. The number of pyridine rings is 1. The molecule has 2 fully saturated rings. The number of carbonyl (C=O) groups excluding carboxylic acids is 2. The van der Waals surface area contributed by atoms with Crippen LogP contribution in [0.3, 0.4) is 0 Å². The molecule has 0 saturated carbocycles. The van der Waals surface area contributed by atoms with Crippen LogP contribution in [-0.2, 0) is 50.8 Å². The zero-order valence-electron chi connectivity index (χ0n) is 48.1. The number of amides is 2. The van der Waals surface area contributed by atoms with E-state index in [1.54, 1.807) is 21.6 Å². The number of benzene rings is 2. The smallest absolute Gasteiger partial charge is 0.417 e. The number of hydrogen-bond donors (Lipinski definition) is 5. The van der Waals surface area contributed by atoms with Gasteiger partial charge in [0.05, 0.1) is 114 Å². The first-order valence-corrected chi connectivity index (χ1v) is 28.4. The Hall–Kier alpha value is -6.23. The molecule has 0 bridgehead atoms. The van der Waals surface area contributed by atoms with Crippen molar-refractivity contribution >= 4 is 35.4 Å². The minimum atomic E-state index is -4.74. The lowest BCUT2D eigenvalue weighted by Gasteiger charge is -2.43. The standard InChI is InChI=1S/C57H84F3N9O14/c1-4-43-38-68(56(77)45-13-12-44(82-5-2)36-47(45)57(58,59)60)26-27-69(43)50-15-14-48(46-10-7-8-11-51(46)83-6-3)63-49(50)37-61-16-9-28-78-30-32-80-34-35-81-33-31-79-29-17-62-52(70)39-64-18-20-65(40-53(71)72)22-24-67(42-55(75)76)25-23-66(21-19-64)41-54(73)74/h7-8,10-15,36,43,61H,4-6,9,16-35,37-42H2,1-3H3,(H,62,70)(H,71,72)(H,73,74)(H,75,76)/t43-/m1/s1. The Kier molecular flexibility index (Phi) is 29.7. The Morgan fingerprint density at radius 2 is 1.17 bits per heavy atom. The first kappa shape index (κ1) is 67.6. The number of piperazine rings is 1. The number of carboxylic acid groups (broad SMARTS) is 3. The maximum absolute atomic E-state index is 14.2. The Labute approximate surface area is 483 Å². The van der Waals surface area contributed by atoms with E-state index in [2.05, 4.69) is 15.5 Å². The molecule has 2 saturated heterocycles. The highest BCUT2D eigenvalue weighted by molar-refractivity contribution is 5.96. The lowest BCUT2D eigenvalue weighted by atomic mass is 10.0. The molecular formula is C57H84F3N9O14. The lowest BCUT2D eigenvalue weighted by Crippen LogP contribution is -2.55. The van der Waals surface area contributed by atoms with E-state index in [1.165, 1.54) is 17.0 Å². The number of rotatable bonds is 34. The number of carbonyl (C=O) groups is 5. The Bertz CT molecular complexity index is 2450. The number of ether oxygens (including phenoxy) is 6. The zero-order chi connectivity index (χ0) is 60.0. The van der Waals surface area contributed by atoms with Crippen LogP contribution >= 0.6 is 0 Å². The second-order valence-corrected chi connectivity index (χ2v) is 19.9.